The first-order valence-corrected chi connectivity index (χ1v) is 4.96. The number of carbonyl (C=O) groups is 1. The summed E-state index contributed by atoms with van der Waals surface area (Å²) in [6.07, 6.45) is 8.61. The fraction of sp³-hybridized carbons (Fsp3) is 0.333. The van der Waals surface area contributed by atoms with Gasteiger partial charge in [-0.15, -0.1) is 6.42 Å². The molecular formula is C12H14N2O. The third-order valence-corrected chi connectivity index (χ3v) is 1.98. The number of rotatable bonds is 4. The highest BCUT2D eigenvalue weighted by molar-refractivity contribution is 5.92. The van der Waals surface area contributed by atoms with Crippen LogP contribution < -0.4 is 5.32 Å². The lowest BCUT2D eigenvalue weighted by Gasteiger charge is -2.11. The van der Waals surface area contributed by atoms with Crippen LogP contribution in [0.25, 0.3) is 0 Å². The van der Waals surface area contributed by atoms with Gasteiger partial charge in [0.05, 0.1) is 6.04 Å². The van der Waals surface area contributed by atoms with Gasteiger partial charge in [0.15, 0.2) is 0 Å². The lowest BCUT2D eigenvalue weighted by Crippen LogP contribution is -2.34. The molecule has 1 atom stereocenters. The molecule has 0 radical (unpaired) electrons. The van der Waals surface area contributed by atoms with Crippen LogP contribution >= 0.6 is 0 Å². The Labute approximate surface area is 89.9 Å². The Balaban J connectivity index is 2.60. The number of hydrogen-bond donors (Lipinski definition) is 1. The van der Waals surface area contributed by atoms with Crippen molar-refractivity contribution in [3.63, 3.8) is 0 Å². The number of hydrogen-bond acceptors (Lipinski definition) is 2. The van der Waals surface area contributed by atoms with Crippen molar-refractivity contribution in [2.24, 2.45) is 0 Å². The van der Waals surface area contributed by atoms with Gasteiger partial charge < -0.3 is 5.32 Å². The molecule has 0 aliphatic rings. The molecule has 1 aromatic heterocycles. The zero-order valence-corrected chi connectivity index (χ0v) is 8.73. The highest BCUT2D eigenvalue weighted by atomic mass is 16.1. The molecule has 1 heterocycles. The van der Waals surface area contributed by atoms with Gasteiger partial charge in [0, 0.05) is 6.20 Å². The second-order valence-electron chi connectivity index (χ2n) is 3.20. The average molecular weight is 202 g/mol. The summed E-state index contributed by atoms with van der Waals surface area (Å²) in [6, 6.07) is 4.99. The normalized spacial score (nSPS) is 11.5. The van der Waals surface area contributed by atoms with Crippen molar-refractivity contribution in [3.8, 4) is 12.3 Å². The lowest BCUT2D eigenvalue weighted by atomic mass is 10.2. The average Bonchev–Trinajstić information content (AvgIpc) is 2.29. The Morgan fingerprint density at radius 1 is 1.67 bits per heavy atom. The first kappa shape index (κ1) is 11.3. The van der Waals surface area contributed by atoms with Crippen molar-refractivity contribution >= 4 is 5.91 Å². The van der Waals surface area contributed by atoms with Gasteiger partial charge in [-0.25, -0.2) is 0 Å². The maximum absolute atomic E-state index is 11.6. The van der Waals surface area contributed by atoms with E-state index in [0.717, 1.165) is 12.8 Å². The van der Waals surface area contributed by atoms with E-state index in [9.17, 15) is 4.79 Å². The van der Waals surface area contributed by atoms with Crippen LogP contribution in [0.1, 0.15) is 30.3 Å². The zero-order chi connectivity index (χ0) is 11.1. The number of nitrogens with one attached hydrogen (secondary N) is 1. The Morgan fingerprint density at radius 2 is 2.47 bits per heavy atom. The zero-order valence-electron chi connectivity index (χ0n) is 8.73. The van der Waals surface area contributed by atoms with Gasteiger partial charge in [-0.3, -0.25) is 9.78 Å². The van der Waals surface area contributed by atoms with E-state index >= 15 is 0 Å². The van der Waals surface area contributed by atoms with Gasteiger partial charge in [0.25, 0.3) is 5.91 Å². The molecule has 0 bridgehead atoms. The van der Waals surface area contributed by atoms with Crippen LogP contribution in [0.2, 0.25) is 0 Å². The third kappa shape index (κ3) is 3.43. The molecule has 0 aromatic carbocycles. The van der Waals surface area contributed by atoms with E-state index in [1.807, 2.05) is 6.92 Å². The van der Waals surface area contributed by atoms with Crippen LogP contribution in [0.3, 0.4) is 0 Å². The predicted octanol–water partition coefficient (Wildman–Crippen LogP) is 1.61. The number of nitrogens with zero attached hydrogens (tertiary/aromatic N) is 1. The van der Waals surface area contributed by atoms with E-state index in [2.05, 4.69) is 16.2 Å². The standard InChI is InChI=1S/C12H14N2O/c1-3-7-10(4-2)14-12(15)11-8-5-6-9-13-11/h2,5-6,8-10H,3,7H2,1H3,(H,14,15). The summed E-state index contributed by atoms with van der Waals surface area (Å²) in [5.74, 6) is 2.33. The van der Waals surface area contributed by atoms with Crippen molar-refractivity contribution in [2.75, 3.05) is 0 Å². The Morgan fingerprint density at radius 3 is 3.00 bits per heavy atom. The highest BCUT2D eigenvalue weighted by Crippen LogP contribution is 1.98. The summed E-state index contributed by atoms with van der Waals surface area (Å²) < 4.78 is 0. The molecule has 1 unspecified atom stereocenters. The predicted molar refractivity (Wildman–Crippen MR) is 59.2 cm³/mol. The molecule has 0 aliphatic carbocycles. The highest BCUT2D eigenvalue weighted by Gasteiger charge is 2.10. The van der Waals surface area contributed by atoms with Crippen LogP contribution in [0.15, 0.2) is 24.4 Å². The molecule has 3 heteroatoms. The fourth-order valence-electron chi connectivity index (χ4n) is 1.22. The van der Waals surface area contributed by atoms with Gasteiger partial charge in [-0.2, -0.15) is 0 Å². The smallest absolute Gasteiger partial charge is 0.270 e. The SMILES string of the molecule is C#CC(CCC)NC(=O)c1ccccn1. The van der Waals surface area contributed by atoms with Gasteiger partial charge in [0.1, 0.15) is 5.69 Å². The van der Waals surface area contributed by atoms with E-state index < -0.39 is 0 Å². The summed E-state index contributed by atoms with van der Waals surface area (Å²) >= 11 is 0. The lowest BCUT2D eigenvalue weighted by molar-refractivity contribution is 0.0939. The number of aromatic nitrogens is 1. The molecule has 1 N–H and O–H groups in total. The minimum atomic E-state index is -0.216. The van der Waals surface area contributed by atoms with Crippen LogP contribution in [0, 0.1) is 12.3 Å². The summed E-state index contributed by atoms with van der Waals surface area (Å²) in [6.45, 7) is 2.03. The van der Waals surface area contributed by atoms with Crippen molar-refractivity contribution in [1.82, 2.24) is 10.3 Å². The second-order valence-corrected chi connectivity index (χ2v) is 3.20. The third-order valence-electron chi connectivity index (χ3n) is 1.98. The van der Waals surface area contributed by atoms with Gasteiger partial charge in [0.2, 0.25) is 0 Å². The molecule has 78 valence electrons. The monoisotopic (exact) mass is 202 g/mol. The molecule has 3 nitrogen and oxygen atoms in total. The molecule has 1 amide bonds. The van der Waals surface area contributed by atoms with E-state index in [0.29, 0.717) is 5.69 Å². The molecule has 1 rings (SSSR count). The molecule has 0 aliphatic heterocycles. The van der Waals surface area contributed by atoms with Crippen LogP contribution in [-0.2, 0) is 0 Å². The van der Waals surface area contributed by atoms with Crippen LogP contribution in [0.5, 0.6) is 0 Å². The van der Waals surface area contributed by atoms with Gasteiger partial charge in [-0.05, 0) is 18.6 Å². The summed E-state index contributed by atoms with van der Waals surface area (Å²) in [5, 5.41) is 2.75. The molecule has 1 aromatic rings. The first-order chi connectivity index (χ1) is 7.27. The fourth-order valence-corrected chi connectivity index (χ4v) is 1.22. The number of terminal acetylenes is 1. The van der Waals surface area contributed by atoms with Gasteiger partial charge in [-0.1, -0.05) is 25.3 Å². The maximum Gasteiger partial charge on any atom is 0.270 e. The molecule has 0 saturated carbocycles. The number of amides is 1. The van der Waals surface area contributed by atoms with Crippen molar-refractivity contribution in [3.05, 3.63) is 30.1 Å². The minimum Gasteiger partial charge on any atom is -0.337 e. The molecule has 0 saturated heterocycles. The topological polar surface area (TPSA) is 42.0 Å². The Kier molecular flexibility index (Phi) is 4.36. The minimum absolute atomic E-state index is 0.204. The second kappa shape index (κ2) is 5.82. The van der Waals surface area contributed by atoms with E-state index in [1.54, 1.807) is 24.4 Å². The molecule has 0 fully saturated rings. The largest absolute Gasteiger partial charge is 0.337 e. The van der Waals surface area contributed by atoms with Crippen molar-refractivity contribution in [1.29, 1.82) is 0 Å². The number of carbonyl (C=O) groups excluding carboxylic acids is 1. The van der Waals surface area contributed by atoms with Gasteiger partial charge >= 0.3 is 0 Å². The van der Waals surface area contributed by atoms with E-state index in [4.69, 9.17) is 6.42 Å². The molecular weight excluding hydrogens is 188 g/mol. The Bertz CT molecular complexity index is 354. The maximum atomic E-state index is 11.6. The first-order valence-electron chi connectivity index (χ1n) is 4.96. The van der Waals surface area contributed by atoms with Crippen LogP contribution in [0.4, 0.5) is 0 Å². The Hall–Kier alpha value is -1.82. The van der Waals surface area contributed by atoms with E-state index in [-0.39, 0.29) is 11.9 Å². The number of pyridine rings is 1. The molecule has 15 heavy (non-hydrogen) atoms. The van der Waals surface area contributed by atoms with Crippen LogP contribution in [-0.4, -0.2) is 16.9 Å². The summed E-state index contributed by atoms with van der Waals surface area (Å²) in [7, 11) is 0. The quantitative estimate of drug-likeness (QED) is 0.754. The molecule has 0 spiro atoms. The summed E-state index contributed by atoms with van der Waals surface area (Å²) in [5.41, 5.74) is 0.397. The van der Waals surface area contributed by atoms with Crippen molar-refractivity contribution < 1.29 is 4.79 Å². The van der Waals surface area contributed by atoms with E-state index in [1.165, 1.54) is 0 Å². The summed E-state index contributed by atoms with van der Waals surface area (Å²) in [4.78, 5) is 15.6. The van der Waals surface area contributed by atoms with Crippen molar-refractivity contribution in [2.45, 2.75) is 25.8 Å².